The molecule has 1 saturated heterocycles. The Bertz CT molecular complexity index is 891. The number of ether oxygens (including phenoxy) is 1. The highest BCUT2D eigenvalue weighted by Gasteiger charge is 2.40. The van der Waals surface area contributed by atoms with Crippen LogP contribution in [0.15, 0.2) is 40.9 Å². The largest absolute Gasteiger partial charge is 0.573 e. The molecule has 0 aromatic heterocycles. The summed E-state index contributed by atoms with van der Waals surface area (Å²) in [5, 5.41) is 13.6. The number of benzene rings is 2. The molecule has 0 saturated carbocycles. The quantitative estimate of drug-likeness (QED) is 0.448. The first-order valence-electron chi connectivity index (χ1n) is 8.86. The summed E-state index contributed by atoms with van der Waals surface area (Å²) in [7, 11) is 0. The maximum absolute atomic E-state index is 13.8. The molecule has 4 nitrogen and oxygen atoms in total. The predicted molar refractivity (Wildman–Crippen MR) is 115 cm³/mol. The SMILES string of the molecule is Cl.Cl.Oc1c(Br)ccc(C(F)(F)F)c1[C@@H](c1ccc(OC(F)(F)F)cc1)N1CCNCC1. The molecule has 0 bridgehead atoms. The first-order chi connectivity index (χ1) is 14.0. The van der Waals surface area contributed by atoms with Crippen molar-refractivity contribution in [2.24, 2.45) is 0 Å². The summed E-state index contributed by atoms with van der Waals surface area (Å²) in [5.74, 6) is -1.05. The minimum atomic E-state index is -4.88. The summed E-state index contributed by atoms with van der Waals surface area (Å²) in [6, 6.07) is 5.58. The number of aromatic hydroxyl groups is 1. The van der Waals surface area contributed by atoms with Gasteiger partial charge in [-0.1, -0.05) is 12.1 Å². The van der Waals surface area contributed by atoms with E-state index in [1.54, 1.807) is 4.90 Å². The van der Waals surface area contributed by atoms with Crippen molar-refractivity contribution in [2.45, 2.75) is 18.6 Å². The lowest BCUT2D eigenvalue weighted by molar-refractivity contribution is -0.274. The summed E-state index contributed by atoms with van der Waals surface area (Å²) in [4.78, 5) is 1.74. The normalized spacial score (nSPS) is 16.0. The zero-order valence-corrected chi connectivity index (χ0v) is 19.4. The van der Waals surface area contributed by atoms with Crippen molar-refractivity contribution >= 4 is 40.7 Å². The maximum atomic E-state index is 13.8. The molecule has 0 aliphatic carbocycles. The third-order valence-corrected chi connectivity index (χ3v) is 5.33. The molecule has 2 aromatic carbocycles. The summed E-state index contributed by atoms with van der Waals surface area (Å²) in [6.07, 6.45) is -9.62. The fourth-order valence-corrected chi connectivity index (χ4v) is 3.80. The lowest BCUT2D eigenvalue weighted by atomic mass is 9.91. The van der Waals surface area contributed by atoms with Crippen LogP contribution in [-0.2, 0) is 6.18 Å². The number of hydrogen-bond donors (Lipinski definition) is 2. The van der Waals surface area contributed by atoms with Gasteiger partial charge in [0.2, 0.25) is 0 Å². The molecular weight excluding hydrogens is 553 g/mol. The van der Waals surface area contributed by atoms with Crippen LogP contribution in [0.25, 0.3) is 0 Å². The molecule has 2 N–H and O–H groups in total. The van der Waals surface area contributed by atoms with Crippen molar-refractivity contribution in [1.29, 1.82) is 0 Å². The fourth-order valence-electron chi connectivity index (χ4n) is 3.46. The fraction of sp³-hybridized carbons (Fsp3) is 0.368. The van der Waals surface area contributed by atoms with Crippen molar-refractivity contribution in [2.75, 3.05) is 26.2 Å². The third kappa shape index (κ3) is 6.80. The van der Waals surface area contributed by atoms with Gasteiger partial charge in [0, 0.05) is 31.7 Å². The summed E-state index contributed by atoms with van der Waals surface area (Å²) in [6.45, 7) is 1.80. The van der Waals surface area contributed by atoms with Gasteiger partial charge in [-0.25, -0.2) is 0 Å². The van der Waals surface area contributed by atoms with E-state index in [1.165, 1.54) is 12.1 Å². The van der Waals surface area contributed by atoms with E-state index in [4.69, 9.17) is 0 Å². The first kappa shape index (κ1) is 28.6. The van der Waals surface area contributed by atoms with Crippen LogP contribution in [0, 0.1) is 0 Å². The van der Waals surface area contributed by atoms with Crippen molar-refractivity contribution in [3.8, 4) is 11.5 Å². The highest BCUT2D eigenvalue weighted by Crippen LogP contribution is 2.46. The van der Waals surface area contributed by atoms with E-state index >= 15 is 0 Å². The van der Waals surface area contributed by atoms with Gasteiger partial charge in [0.15, 0.2) is 0 Å². The lowest BCUT2D eigenvalue weighted by Crippen LogP contribution is -2.45. The maximum Gasteiger partial charge on any atom is 0.573 e. The molecule has 0 amide bonds. The van der Waals surface area contributed by atoms with E-state index in [2.05, 4.69) is 26.0 Å². The van der Waals surface area contributed by atoms with Crippen LogP contribution in [0.2, 0.25) is 0 Å². The number of alkyl halides is 6. The molecular formula is C19H19BrCl2F6N2O2. The zero-order valence-electron chi connectivity index (χ0n) is 16.1. The van der Waals surface area contributed by atoms with Crippen molar-refractivity contribution in [3.05, 3.63) is 57.6 Å². The van der Waals surface area contributed by atoms with Gasteiger partial charge in [-0.3, -0.25) is 4.90 Å². The van der Waals surface area contributed by atoms with E-state index in [0.29, 0.717) is 31.7 Å². The second-order valence-corrected chi connectivity index (χ2v) is 7.51. The molecule has 0 spiro atoms. The first-order valence-corrected chi connectivity index (χ1v) is 9.65. The van der Waals surface area contributed by atoms with E-state index in [0.717, 1.165) is 24.3 Å². The molecule has 180 valence electrons. The van der Waals surface area contributed by atoms with E-state index in [-0.39, 0.29) is 34.9 Å². The molecule has 1 fully saturated rings. The number of piperazine rings is 1. The van der Waals surface area contributed by atoms with Crippen molar-refractivity contribution in [3.63, 3.8) is 0 Å². The minimum absolute atomic E-state index is 0. The highest BCUT2D eigenvalue weighted by atomic mass is 79.9. The Morgan fingerprint density at radius 3 is 2.00 bits per heavy atom. The van der Waals surface area contributed by atoms with Gasteiger partial charge in [0.05, 0.1) is 16.1 Å². The Kier molecular flexibility index (Phi) is 9.98. The lowest BCUT2D eigenvalue weighted by Gasteiger charge is -2.37. The van der Waals surface area contributed by atoms with Crippen LogP contribution >= 0.6 is 40.7 Å². The molecule has 1 atom stereocenters. The van der Waals surface area contributed by atoms with Crippen LogP contribution in [0.3, 0.4) is 0 Å². The van der Waals surface area contributed by atoms with Gasteiger partial charge in [0.25, 0.3) is 0 Å². The molecule has 1 heterocycles. The van der Waals surface area contributed by atoms with Gasteiger partial charge in [-0.2, -0.15) is 13.2 Å². The Labute approximate surface area is 200 Å². The van der Waals surface area contributed by atoms with E-state index < -0.39 is 35.6 Å². The van der Waals surface area contributed by atoms with Gasteiger partial charge in [-0.05, 0) is 45.8 Å². The van der Waals surface area contributed by atoms with E-state index in [1.807, 2.05) is 0 Å². The Morgan fingerprint density at radius 2 is 1.50 bits per heavy atom. The number of rotatable bonds is 4. The third-order valence-electron chi connectivity index (χ3n) is 4.69. The number of nitrogens with one attached hydrogen (secondary N) is 1. The molecule has 32 heavy (non-hydrogen) atoms. The summed E-state index contributed by atoms with van der Waals surface area (Å²) >= 11 is 3.06. The van der Waals surface area contributed by atoms with Crippen LogP contribution in [-0.4, -0.2) is 42.5 Å². The monoisotopic (exact) mass is 570 g/mol. The Balaban J connectivity index is 0.00000256. The van der Waals surface area contributed by atoms with Crippen LogP contribution < -0.4 is 10.1 Å². The Morgan fingerprint density at radius 1 is 0.938 bits per heavy atom. The second kappa shape index (κ2) is 11.1. The molecule has 0 unspecified atom stereocenters. The zero-order chi connectivity index (χ0) is 22.1. The van der Waals surface area contributed by atoms with Crippen LogP contribution in [0.4, 0.5) is 26.3 Å². The highest BCUT2D eigenvalue weighted by molar-refractivity contribution is 9.10. The summed E-state index contributed by atoms with van der Waals surface area (Å²) in [5.41, 5.74) is -1.07. The van der Waals surface area contributed by atoms with Gasteiger partial charge in [-0.15, -0.1) is 38.0 Å². The van der Waals surface area contributed by atoms with Gasteiger partial charge in [0.1, 0.15) is 11.5 Å². The molecule has 1 aliphatic rings. The molecule has 0 radical (unpaired) electrons. The van der Waals surface area contributed by atoms with Crippen molar-refractivity contribution in [1.82, 2.24) is 10.2 Å². The second-order valence-electron chi connectivity index (χ2n) is 6.66. The summed E-state index contributed by atoms with van der Waals surface area (Å²) < 4.78 is 82.5. The molecule has 3 rings (SSSR count). The van der Waals surface area contributed by atoms with Crippen LogP contribution in [0.5, 0.6) is 11.5 Å². The molecule has 1 aliphatic heterocycles. The number of halogens is 9. The van der Waals surface area contributed by atoms with Gasteiger partial charge < -0.3 is 15.2 Å². The number of phenols is 1. The molecule has 13 heteroatoms. The van der Waals surface area contributed by atoms with Gasteiger partial charge >= 0.3 is 12.5 Å². The van der Waals surface area contributed by atoms with E-state index in [9.17, 15) is 31.4 Å². The smallest absolute Gasteiger partial charge is 0.506 e. The van der Waals surface area contributed by atoms with Crippen molar-refractivity contribution < 1.29 is 36.2 Å². The topological polar surface area (TPSA) is 44.7 Å². The average Bonchev–Trinajstić information content (AvgIpc) is 2.65. The minimum Gasteiger partial charge on any atom is -0.506 e. The molecule has 2 aromatic rings. The Hall–Kier alpha value is -1.40. The number of nitrogens with zero attached hydrogens (tertiary/aromatic N) is 1. The standard InChI is InChI=1S/C19H17BrF6N2O2.2ClH/c20-14-6-5-13(18(21,22)23)15(17(14)29)16(28-9-7-27-8-10-28)11-1-3-12(4-2-11)30-19(24,25)26;;/h1-6,16,27,29H,7-10H2;2*1H/t16-;;/m1../s1. The number of hydrogen-bond acceptors (Lipinski definition) is 4. The van der Waals surface area contributed by atoms with Crippen LogP contribution in [0.1, 0.15) is 22.7 Å². The number of phenolic OH excluding ortho intramolecular Hbond substituents is 1. The average molecular weight is 572 g/mol. The predicted octanol–water partition coefficient (Wildman–Crippen LogP) is 5.91.